The van der Waals surface area contributed by atoms with E-state index in [9.17, 15) is 9.59 Å². The molecule has 1 saturated carbocycles. The summed E-state index contributed by atoms with van der Waals surface area (Å²) in [5.74, 6) is -0.716. The summed E-state index contributed by atoms with van der Waals surface area (Å²) < 4.78 is 0. The van der Waals surface area contributed by atoms with Crippen LogP contribution in [0.5, 0.6) is 0 Å². The van der Waals surface area contributed by atoms with E-state index < -0.39 is 11.8 Å². The molecule has 0 heterocycles. The van der Waals surface area contributed by atoms with Gasteiger partial charge in [-0.1, -0.05) is 11.6 Å². The number of amides is 2. The van der Waals surface area contributed by atoms with Crippen LogP contribution in [0.4, 0.5) is 5.69 Å². The lowest BCUT2D eigenvalue weighted by Crippen LogP contribution is -2.41. The smallest absolute Gasteiger partial charge is 0.313 e. The van der Waals surface area contributed by atoms with Crippen LogP contribution in [0.15, 0.2) is 24.3 Å². The van der Waals surface area contributed by atoms with Crippen LogP contribution in [0, 0.1) is 5.92 Å². The lowest BCUT2D eigenvalue weighted by Gasteiger charge is -2.12. The number of rotatable bonds is 3. The van der Waals surface area contributed by atoms with Crippen molar-refractivity contribution in [3.05, 3.63) is 29.3 Å². The largest absolute Gasteiger partial charge is 0.345 e. The minimum absolute atomic E-state index is 0.0634. The van der Waals surface area contributed by atoms with Crippen molar-refractivity contribution in [1.82, 2.24) is 5.32 Å². The van der Waals surface area contributed by atoms with Crippen LogP contribution in [0.3, 0.4) is 0 Å². The highest BCUT2D eigenvalue weighted by atomic mass is 35.5. The molecule has 0 spiro atoms. The van der Waals surface area contributed by atoms with Crippen molar-refractivity contribution < 1.29 is 9.59 Å². The van der Waals surface area contributed by atoms with Crippen molar-refractivity contribution in [3.63, 3.8) is 0 Å². The quantitative estimate of drug-likeness (QED) is 0.824. The Bertz CT molecular complexity index is 455. The highest BCUT2D eigenvalue weighted by molar-refractivity contribution is 6.39. The van der Waals surface area contributed by atoms with Gasteiger partial charge >= 0.3 is 11.8 Å². The molecular weight excluding hydrogens is 252 g/mol. The van der Waals surface area contributed by atoms with Gasteiger partial charge in [0.25, 0.3) is 0 Å². The summed E-state index contributed by atoms with van der Waals surface area (Å²) in [6.07, 6.45) is 2.25. The molecule has 0 aliphatic heterocycles. The summed E-state index contributed by atoms with van der Waals surface area (Å²) in [7, 11) is 0. The minimum Gasteiger partial charge on any atom is -0.345 e. The molecule has 1 aliphatic rings. The highest BCUT2D eigenvalue weighted by Gasteiger charge is 2.30. The maximum absolute atomic E-state index is 11.6. The van der Waals surface area contributed by atoms with Gasteiger partial charge in [-0.2, -0.15) is 0 Å². The average molecular weight is 267 g/mol. The summed E-state index contributed by atoms with van der Waals surface area (Å²) in [5.41, 5.74) is 0.554. The Kier molecular flexibility index (Phi) is 3.87. The second-order valence-electron chi connectivity index (χ2n) is 4.56. The summed E-state index contributed by atoms with van der Waals surface area (Å²) in [6.45, 7) is 1.92. The average Bonchev–Trinajstić information content (AvgIpc) is 3.16. The van der Waals surface area contributed by atoms with Crippen LogP contribution in [0.2, 0.25) is 5.02 Å². The van der Waals surface area contributed by atoms with Crippen molar-refractivity contribution in [1.29, 1.82) is 0 Å². The Morgan fingerprint density at radius 2 is 1.83 bits per heavy atom. The predicted octanol–water partition coefficient (Wildman–Crippen LogP) is 2.19. The third-order valence-electron chi connectivity index (χ3n) is 3.00. The highest BCUT2D eigenvalue weighted by Crippen LogP contribution is 2.32. The molecule has 0 bridgehead atoms. The monoisotopic (exact) mass is 266 g/mol. The fourth-order valence-corrected chi connectivity index (χ4v) is 1.83. The van der Waals surface area contributed by atoms with E-state index in [4.69, 9.17) is 11.6 Å². The number of halogens is 1. The maximum atomic E-state index is 11.6. The molecule has 1 aromatic rings. The molecule has 4 nitrogen and oxygen atoms in total. The van der Waals surface area contributed by atoms with E-state index in [1.54, 1.807) is 24.3 Å². The second-order valence-corrected chi connectivity index (χ2v) is 5.00. The van der Waals surface area contributed by atoms with Gasteiger partial charge in [0.2, 0.25) is 0 Å². The van der Waals surface area contributed by atoms with E-state index in [0.717, 1.165) is 12.8 Å². The van der Waals surface area contributed by atoms with E-state index in [0.29, 0.717) is 16.6 Å². The zero-order chi connectivity index (χ0) is 13.1. The number of hydrogen-bond donors (Lipinski definition) is 2. The molecule has 2 amide bonds. The molecule has 1 atom stereocenters. The third-order valence-corrected chi connectivity index (χ3v) is 3.25. The Balaban J connectivity index is 1.86. The minimum atomic E-state index is -0.648. The van der Waals surface area contributed by atoms with Gasteiger partial charge in [0, 0.05) is 16.8 Å². The van der Waals surface area contributed by atoms with Crippen molar-refractivity contribution in [2.75, 3.05) is 5.32 Å². The first kappa shape index (κ1) is 12.9. The van der Waals surface area contributed by atoms with E-state index >= 15 is 0 Å². The Labute approximate surface area is 111 Å². The summed E-state index contributed by atoms with van der Waals surface area (Å²) in [5, 5.41) is 5.80. The molecule has 2 N–H and O–H groups in total. The molecule has 5 heteroatoms. The number of carbonyl (C=O) groups excluding carboxylic acids is 2. The molecule has 1 aromatic carbocycles. The predicted molar refractivity (Wildman–Crippen MR) is 70.4 cm³/mol. The lowest BCUT2D eigenvalue weighted by molar-refractivity contribution is -0.136. The molecule has 2 rings (SSSR count). The van der Waals surface area contributed by atoms with Crippen molar-refractivity contribution in [3.8, 4) is 0 Å². The van der Waals surface area contributed by atoms with Crippen molar-refractivity contribution in [2.24, 2.45) is 5.92 Å². The fraction of sp³-hybridized carbons (Fsp3) is 0.385. The number of hydrogen-bond acceptors (Lipinski definition) is 2. The number of carbonyl (C=O) groups is 2. The lowest BCUT2D eigenvalue weighted by atomic mass is 10.2. The molecule has 18 heavy (non-hydrogen) atoms. The van der Waals surface area contributed by atoms with Gasteiger partial charge in [-0.3, -0.25) is 9.59 Å². The fourth-order valence-electron chi connectivity index (χ4n) is 1.71. The van der Waals surface area contributed by atoms with Crippen LogP contribution < -0.4 is 10.6 Å². The van der Waals surface area contributed by atoms with Crippen LogP contribution >= 0.6 is 11.6 Å². The summed E-state index contributed by atoms with van der Waals surface area (Å²) >= 11 is 5.73. The summed E-state index contributed by atoms with van der Waals surface area (Å²) in [4.78, 5) is 23.2. The van der Waals surface area contributed by atoms with Gasteiger partial charge < -0.3 is 10.6 Å². The summed E-state index contributed by atoms with van der Waals surface area (Å²) in [6, 6.07) is 6.67. The van der Waals surface area contributed by atoms with Crippen molar-refractivity contribution in [2.45, 2.75) is 25.8 Å². The SMILES string of the molecule is C[C@@H](NC(=O)C(=O)Nc1ccc(Cl)cc1)C1CC1. The van der Waals surface area contributed by atoms with Gasteiger partial charge in [0.1, 0.15) is 0 Å². The topological polar surface area (TPSA) is 58.2 Å². The van der Waals surface area contributed by atoms with E-state index in [-0.39, 0.29) is 6.04 Å². The maximum Gasteiger partial charge on any atom is 0.313 e. The standard InChI is InChI=1S/C13H15ClN2O2/c1-8(9-2-3-9)15-12(17)13(18)16-11-6-4-10(14)5-7-11/h4-9H,2-3H2,1H3,(H,15,17)(H,16,18)/t8-/m1/s1. The van der Waals surface area contributed by atoms with Crippen molar-refractivity contribution >= 4 is 29.1 Å². The van der Waals surface area contributed by atoms with Crippen LogP contribution in [0.1, 0.15) is 19.8 Å². The number of benzene rings is 1. The third kappa shape index (κ3) is 3.47. The first-order valence-electron chi connectivity index (χ1n) is 5.93. The molecule has 0 radical (unpaired) electrons. The van der Waals surface area contributed by atoms with Gasteiger partial charge in [0.05, 0.1) is 0 Å². The van der Waals surface area contributed by atoms with Gasteiger partial charge in [-0.25, -0.2) is 0 Å². The zero-order valence-electron chi connectivity index (χ0n) is 10.1. The molecular formula is C13H15ClN2O2. The molecule has 1 fully saturated rings. The van der Waals surface area contributed by atoms with Crippen LogP contribution in [0.25, 0.3) is 0 Å². The van der Waals surface area contributed by atoms with E-state index in [1.807, 2.05) is 6.92 Å². The van der Waals surface area contributed by atoms with E-state index in [1.165, 1.54) is 0 Å². The first-order chi connectivity index (χ1) is 8.56. The molecule has 0 unspecified atom stereocenters. The van der Waals surface area contributed by atoms with Gasteiger partial charge in [-0.05, 0) is 49.9 Å². The zero-order valence-corrected chi connectivity index (χ0v) is 10.8. The molecule has 96 valence electrons. The Morgan fingerprint density at radius 1 is 1.22 bits per heavy atom. The Hall–Kier alpha value is -1.55. The Morgan fingerprint density at radius 3 is 2.39 bits per heavy atom. The van der Waals surface area contributed by atoms with Crippen LogP contribution in [-0.4, -0.2) is 17.9 Å². The molecule has 0 aromatic heterocycles. The van der Waals surface area contributed by atoms with Crippen LogP contribution in [-0.2, 0) is 9.59 Å². The number of nitrogens with one attached hydrogen (secondary N) is 2. The first-order valence-corrected chi connectivity index (χ1v) is 6.31. The molecule has 1 aliphatic carbocycles. The van der Waals surface area contributed by atoms with Gasteiger partial charge in [0.15, 0.2) is 0 Å². The molecule has 0 saturated heterocycles. The normalized spacial score (nSPS) is 15.9. The number of anilines is 1. The second kappa shape index (κ2) is 5.40. The van der Waals surface area contributed by atoms with E-state index in [2.05, 4.69) is 10.6 Å². The van der Waals surface area contributed by atoms with Gasteiger partial charge in [-0.15, -0.1) is 0 Å².